The minimum atomic E-state index is -0.376. The second-order valence-corrected chi connectivity index (χ2v) is 5.50. The molecular weight excluding hydrogens is 338 g/mol. The molecule has 2 rings (SSSR count). The monoisotopic (exact) mass is 363 g/mol. The number of methoxy groups -OCH3 is 1. The number of guanidine groups is 1. The van der Waals surface area contributed by atoms with Crippen LogP contribution in [0.3, 0.4) is 0 Å². The number of ether oxygens (including phenoxy) is 1. The lowest BCUT2D eigenvalue weighted by atomic mass is 10.1. The third kappa shape index (κ3) is 5.04. The predicted octanol–water partition coefficient (Wildman–Crippen LogP) is 0.429. The van der Waals surface area contributed by atoms with E-state index in [9.17, 15) is 4.79 Å². The Morgan fingerprint density at radius 1 is 1.31 bits per heavy atom. The Morgan fingerprint density at radius 3 is 2.73 bits per heavy atom. The molecule has 0 saturated heterocycles. The van der Waals surface area contributed by atoms with E-state index in [-0.39, 0.29) is 12.5 Å². The van der Waals surface area contributed by atoms with Gasteiger partial charge in [-0.2, -0.15) is 0 Å². The second-order valence-electron chi connectivity index (χ2n) is 5.50. The average molecular weight is 363 g/mol. The molecule has 2 N–H and O–H groups in total. The average Bonchev–Trinajstić information content (AvgIpc) is 3.27. The summed E-state index contributed by atoms with van der Waals surface area (Å²) in [4.78, 5) is 15.4. The zero-order valence-corrected chi connectivity index (χ0v) is 15.6. The standard InChI is InChI=1S/C16H25N7O3/c1-5-13-12(14(6-2)26-21-13)8-19-16(17-3)18-7-11-9-23(22-20-11)10-15(24)25-4/h9H,5-8,10H2,1-4H3,(H2,17,18,19). The van der Waals surface area contributed by atoms with Crippen molar-refractivity contribution in [3.63, 3.8) is 0 Å². The Balaban J connectivity index is 1.89. The van der Waals surface area contributed by atoms with E-state index in [2.05, 4.69) is 35.8 Å². The van der Waals surface area contributed by atoms with Gasteiger partial charge < -0.3 is 19.9 Å². The first kappa shape index (κ1) is 19.4. The van der Waals surface area contributed by atoms with Gasteiger partial charge in [0.1, 0.15) is 18.0 Å². The van der Waals surface area contributed by atoms with E-state index < -0.39 is 0 Å². The van der Waals surface area contributed by atoms with Crippen molar-refractivity contribution in [3.8, 4) is 0 Å². The number of aromatic nitrogens is 4. The summed E-state index contributed by atoms with van der Waals surface area (Å²) in [6.07, 6.45) is 3.29. The molecule has 0 bridgehead atoms. The molecule has 0 fully saturated rings. The normalized spacial score (nSPS) is 11.5. The van der Waals surface area contributed by atoms with Gasteiger partial charge in [-0.15, -0.1) is 5.10 Å². The Labute approximate surface area is 152 Å². The first-order valence-corrected chi connectivity index (χ1v) is 8.47. The van der Waals surface area contributed by atoms with Crippen LogP contribution in [-0.4, -0.2) is 46.2 Å². The van der Waals surface area contributed by atoms with Crippen LogP contribution in [0.5, 0.6) is 0 Å². The van der Waals surface area contributed by atoms with Crippen molar-refractivity contribution >= 4 is 11.9 Å². The van der Waals surface area contributed by atoms with Gasteiger partial charge >= 0.3 is 5.97 Å². The zero-order chi connectivity index (χ0) is 18.9. The summed E-state index contributed by atoms with van der Waals surface area (Å²) in [6, 6.07) is 0. The van der Waals surface area contributed by atoms with Crippen LogP contribution in [0.25, 0.3) is 0 Å². The number of hydrogen-bond acceptors (Lipinski definition) is 7. The third-order valence-electron chi connectivity index (χ3n) is 3.81. The molecular formula is C16H25N7O3. The van der Waals surface area contributed by atoms with Gasteiger partial charge in [0.05, 0.1) is 25.5 Å². The smallest absolute Gasteiger partial charge is 0.327 e. The molecule has 26 heavy (non-hydrogen) atoms. The Kier molecular flexibility index (Phi) is 7.12. The van der Waals surface area contributed by atoms with E-state index in [1.54, 1.807) is 13.2 Å². The van der Waals surface area contributed by atoms with Crippen molar-refractivity contribution in [2.45, 2.75) is 46.3 Å². The highest BCUT2D eigenvalue weighted by Crippen LogP contribution is 2.15. The van der Waals surface area contributed by atoms with Crippen LogP contribution < -0.4 is 10.6 Å². The maximum atomic E-state index is 11.2. The molecule has 142 valence electrons. The Hall–Kier alpha value is -2.91. The lowest BCUT2D eigenvalue weighted by molar-refractivity contribution is -0.141. The van der Waals surface area contributed by atoms with E-state index in [1.807, 2.05) is 13.8 Å². The van der Waals surface area contributed by atoms with Crippen LogP contribution in [0.1, 0.15) is 36.6 Å². The van der Waals surface area contributed by atoms with Crippen LogP contribution in [0, 0.1) is 0 Å². The van der Waals surface area contributed by atoms with Crippen molar-refractivity contribution < 1.29 is 14.1 Å². The zero-order valence-electron chi connectivity index (χ0n) is 15.6. The van der Waals surface area contributed by atoms with Gasteiger partial charge in [0.2, 0.25) is 0 Å². The molecule has 10 nitrogen and oxygen atoms in total. The summed E-state index contributed by atoms with van der Waals surface area (Å²) in [7, 11) is 3.03. The summed E-state index contributed by atoms with van der Waals surface area (Å²) in [5, 5.41) is 18.4. The fraction of sp³-hybridized carbons (Fsp3) is 0.562. The van der Waals surface area contributed by atoms with Crippen LogP contribution in [0.15, 0.2) is 15.7 Å². The quantitative estimate of drug-likeness (QED) is 0.394. The van der Waals surface area contributed by atoms with Gasteiger partial charge in [-0.1, -0.05) is 24.2 Å². The summed E-state index contributed by atoms with van der Waals surface area (Å²) >= 11 is 0. The molecule has 2 heterocycles. The highest BCUT2D eigenvalue weighted by atomic mass is 16.5. The Morgan fingerprint density at radius 2 is 2.08 bits per heavy atom. The SMILES string of the molecule is CCc1noc(CC)c1CNC(=NC)NCc1cn(CC(=O)OC)nn1. The second kappa shape index (κ2) is 9.54. The minimum absolute atomic E-state index is 0.0313. The highest BCUT2D eigenvalue weighted by Gasteiger charge is 2.14. The maximum absolute atomic E-state index is 11.2. The molecule has 0 amide bonds. The molecule has 0 aliphatic carbocycles. The summed E-state index contributed by atoms with van der Waals surface area (Å²) < 4.78 is 11.4. The summed E-state index contributed by atoms with van der Waals surface area (Å²) in [5.74, 6) is 1.13. The maximum Gasteiger partial charge on any atom is 0.327 e. The van der Waals surface area contributed by atoms with Crippen LogP contribution >= 0.6 is 0 Å². The first-order valence-electron chi connectivity index (χ1n) is 8.47. The van der Waals surface area contributed by atoms with E-state index in [1.165, 1.54) is 11.8 Å². The van der Waals surface area contributed by atoms with Crippen molar-refractivity contribution in [2.24, 2.45) is 4.99 Å². The number of aryl methyl sites for hydroxylation is 2. The molecule has 2 aromatic rings. The van der Waals surface area contributed by atoms with E-state index >= 15 is 0 Å². The molecule has 0 aliphatic heterocycles. The number of nitrogens with zero attached hydrogens (tertiary/aromatic N) is 5. The van der Waals surface area contributed by atoms with E-state index in [0.29, 0.717) is 24.7 Å². The minimum Gasteiger partial charge on any atom is -0.468 e. The lowest BCUT2D eigenvalue weighted by Crippen LogP contribution is -2.36. The number of carbonyl (C=O) groups is 1. The third-order valence-corrected chi connectivity index (χ3v) is 3.81. The number of aliphatic imine (C=N–C) groups is 1. The van der Waals surface area contributed by atoms with Crippen molar-refractivity contribution in [1.82, 2.24) is 30.8 Å². The molecule has 2 aromatic heterocycles. The van der Waals surface area contributed by atoms with Crippen LogP contribution in [0.2, 0.25) is 0 Å². The molecule has 0 atom stereocenters. The fourth-order valence-corrected chi connectivity index (χ4v) is 2.40. The Bertz CT molecular complexity index is 729. The molecule has 10 heteroatoms. The number of carbonyl (C=O) groups excluding carboxylic acids is 1. The highest BCUT2D eigenvalue weighted by molar-refractivity contribution is 5.79. The lowest BCUT2D eigenvalue weighted by Gasteiger charge is -2.11. The molecule has 0 aliphatic rings. The molecule has 0 saturated carbocycles. The molecule has 0 aromatic carbocycles. The van der Waals surface area contributed by atoms with Gasteiger partial charge in [-0.05, 0) is 6.42 Å². The van der Waals surface area contributed by atoms with Gasteiger partial charge in [0.15, 0.2) is 5.96 Å². The number of rotatable bonds is 8. The van der Waals surface area contributed by atoms with Crippen molar-refractivity contribution in [1.29, 1.82) is 0 Å². The number of hydrogen-bond donors (Lipinski definition) is 2. The van der Waals surface area contributed by atoms with Crippen molar-refractivity contribution in [3.05, 3.63) is 28.9 Å². The predicted molar refractivity (Wildman–Crippen MR) is 94.3 cm³/mol. The van der Waals surface area contributed by atoms with Crippen molar-refractivity contribution in [2.75, 3.05) is 14.2 Å². The topological polar surface area (TPSA) is 119 Å². The van der Waals surface area contributed by atoms with Crippen LogP contribution in [-0.2, 0) is 42.0 Å². The first-order chi connectivity index (χ1) is 12.6. The molecule has 0 radical (unpaired) electrons. The molecule has 0 spiro atoms. The summed E-state index contributed by atoms with van der Waals surface area (Å²) in [6.45, 7) is 5.11. The fourth-order valence-electron chi connectivity index (χ4n) is 2.40. The largest absolute Gasteiger partial charge is 0.468 e. The van der Waals surface area contributed by atoms with E-state index in [4.69, 9.17) is 4.52 Å². The van der Waals surface area contributed by atoms with E-state index in [0.717, 1.165) is 29.9 Å². The molecule has 0 unspecified atom stereocenters. The summed E-state index contributed by atoms with van der Waals surface area (Å²) in [5.41, 5.74) is 2.71. The number of esters is 1. The number of nitrogens with one attached hydrogen (secondary N) is 2. The van der Waals surface area contributed by atoms with Gasteiger partial charge in [0.25, 0.3) is 0 Å². The van der Waals surface area contributed by atoms with Gasteiger partial charge in [0, 0.05) is 25.6 Å². The van der Waals surface area contributed by atoms with Gasteiger partial charge in [-0.25, -0.2) is 4.68 Å². The van der Waals surface area contributed by atoms with Crippen LogP contribution in [0.4, 0.5) is 0 Å². The van der Waals surface area contributed by atoms with Gasteiger partial charge in [-0.3, -0.25) is 9.79 Å².